The van der Waals surface area contributed by atoms with Crippen LogP contribution in [0.25, 0.3) is 0 Å². The van der Waals surface area contributed by atoms with E-state index in [0.717, 1.165) is 11.8 Å². The molecular weight excluding hydrogens is 244 g/mol. The number of nitrogens with zero attached hydrogens (tertiary/aromatic N) is 1. The van der Waals surface area contributed by atoms with Gasteiger partial charge in [-0.15, -0.1) is 0 Å². The van der Waals surface area contributed by atoms with Gasteiger partial charge < -0.3 is 10.2 Å². The summed E-state index contributed by atoms with van der Waals surface area (Å²) in [7, 11) is 0. The van der Waals surface area contributed by atoms with Gasteiger partial charge in [-0.2, -0.15) is 0 Å². The summed E-state index contributed by atoms with van der Waals surface area (Å²) in [5.74, 6) is 1.67. The van der Waals surface area contributed by atoms with Crippen molar-refractivity contribution in [1.82, 2.24) is 10.2 Å². The van der Waals surface area contributed by atoms with Gasteiger partial charge in [0.05, 0.1) is 0 Å². The molecular formula is C18H28N2. The summed E-state index contributed by atoms with van der Waals surface area (Å²) in [6, 6.07) is 8.98. The van der Waals surface area contributed by atoms with Crippen LogP contribution in [0.3, 0.4) is 0 Å². The van der Waals surface area contributed by atoms with E-state index in [0.29, 0.717) is 0 Å². The van der Waals surface area contributed by atoms with E-state index in [1.54, 1.807) is 11.1 Å². The Bertz CT molecular complexity index is 429. The van der Waals surface area contributed by atoms with Crippen LogP contribution in [-0.2, 0) is 6.42 Å². The zero-order valence-corrected chi connectivity index (χ0v) is 12.8. The van der Waals surface area contributed by atoms with Crippen LogP contribution in [0.4, 0.5) is 0 Å². The fourth-order valence-electron chi connectivity index (χ4n) is 3.80. The van der Waals surface area contributed by atoms with Gasteiger partial charge >= 0.3 is 0 Å². The zero-order valence-electron chi connectivity index (χ0n) is 12.8. The topological polar surface area (TPSA) is 15.3 Å². The lowest BCUT2D eigenvalue weighted by molar-refractivity contribution is 0.159. The first-order valence-electron chi connectivity index (χ1n) is 8.37. The number of benzene rings is 1. The fourth-order valence-corrected chi connectivity index (χ4v) is 3.80. The molecule has 1 heterocycles. The maximum Gasteiger partial charge on any atom is 0.00537 e. The first-order chi connectivity index (χ1) is 9.86. The Morgan fingerprint density at radius 3 is 3.05 bits per heavy atom. The van der Waals surface area contributed by atoms with Gasteiger partial charge in [-0.25, -0.2) is 0 Å². The predicted molar refractivity (Wildman–Crippen MR) is 85.2 cm³/mol. The Kier molecular flexibility index (Phi) is 4.74. The van der Waals surface area contributed by atoms with Crippen molar-refractivity contribution in [2.75, 3.05) is 32.7 Å². The minimum absolute atomic E-state index is 0.800. The summed E-state index contributed by atoms with van der Waals surface area (Å²) in [6.07, 6.45) is 5.34. The first kappa shape index (κ1) is 14.1. The monoisotopic (exact) mass is 272 g/mol. The van der Waals surface area contributed by atoms with Gasteiger partial charge in [0, 0.05) is 19.0 Å². The largest absolute Gasteiger partial charge is 0.316 e. The van der Waals surface area contributed by atoms with E-state index >= 15 is 0 Å². The quantitative estimate of drug-likeness (QED) is 0.801. The van der Waals surface area contributed by atoms with E-state index in [-0.39, 0.29) is 0 Å². The number of likely N-dealkylation sites (tertiary alicyclic amines) is 1. The standard InChI is InChI=1S/C18H28N2/c1-2-9-19-12-15-6-5-10-20(13-15)14-17-11-16-7-3-4-8-18(16)17/h3-4,7-8,15,17,19H,2,5-6,9-14H2,1H3. The molecule has 1 aliphatic carbocycles. The highest BCUT2D eigenvalue weighted by molar-refractivity contribution is 5.40. The second kappa shape index (κ2) is 6.73. The van der Waals surface area contributed by atoms with E-state index < -0.39 is 0 Å². The number of hydrogen-bond acceptors (Lipinski definition) is 2. The van der Waals surface area contributed by atoms with Gasteiger partial charge in [-0.1, -0.05) is 31.2 Å². The molecule has 1 aliphatic heterocycles. The molecule has 3 rings (SSSR count). The van der Waals surface area contributed by atoms with Crippen LogP contribution in [0.1, 0.15) is 43.2 Å². The number of hydrogen-bond donors (Lipinski definition) is 1. The van der Waals surface area contributed by atoms with Crippen molar-refractivity contribution in [3.05, 3.63) is 35.4 Å². The zero-order chi connectivity index (χ0) is 13.8. The molecule has 20 heavy (non-hydrogen) atoms. The normalized spacial score (nSPS) is 26.1. The molecule has 2 unspecified atom stereocenters. The van der Waals surface area contributed by atoms with Crippen molar-refractivity contribution >= 4 is 0 Å². The summed E-state index contributed by atoms with van der Waals surface area (Å²) in [4.78, 5) is 2.71. The molecule has 0 bridgehead atoms. The molecule has 2 nitrogen and oxygen atoms in total. The van der Waals surface area contributed by atoms with E-state index in [1.165, 1.54) is 58.4 Å². The van der Waals surface area contributed by atoms with Crippen LogP contribution in [0.15, 0.2) is 24.3 Å². The van der Waals surface area contributed by atoms with E-state index in [4.69, 9.17) is 0 Å². The van der Waals surface area contributed by atoms with Crippen molar-refractivity contribution in [3.63, 3.8) is 0 Å². The highest BCUT2D eigenvalue weighted by Gasteiger charge is 2.29. The molecule has 1 aromatic carbocycles. The number of fused-ring (bicyclic) bond motifs is 1. The van der Waals surface area contributed by atoms with Gasteiger partial charge in [0.2, 0.25) is 0 Å². The molecule has 0 saturated carbocycles. The smallest absolute Gasteiger partial charge is 0.00537 e. The summed E-state index contributed by atoms with van der Waals surface area (Å²) in [6.45, 7) is 8.52. The van der Waals surface area contributed by atoms with Crippen molar-refractivity contribution in [2.24, 2.45) is 5.92 Å². The molecule has 0 aromatic heterocycles. The highest BCUT2D eigenvalue weighted by atomic mass is 15.1. The third-order valence-electron chi connectivity index (χ3n) is 4.90. The van der Waals surface area contributed by atoms with Crippen LogP contribution in [0, 0.1) is 5.92 Å². The van der Waals surface area contributed by atoms with Crippen molar-refractivity contribution in [3.8, 4) is 0 Å². The average Bonchev–Trinajstić information content (AvgIpc) is 2.46. The van der Waals surface area contributed by atoms with Gasteiger partial charge in [0.15, 0.2) is 0 Å². The third kappa shape index (κ3) is 3.24. The summed E-state index contributed by atoms with van der Waals surface area (Å²) in [5, 5.41) is 3.60. The lowest BCUT2D eigenvalue weighted by atomic mass is 9.77. The van der Waals surface area contributed by atoms with E-state index in [9.17, 15) is 0 Å². The van der Waals surface area contributed by atoms with Gasteiger partial charge in [0.25, 0.3) is 0 Å². The minimum Gasteiger partial charge on any atom is -0.316 e. The van der Waals surface area contributed by atoms with E-state index in [1.807, 2.05) is 0 Å². The number of nitrogens with one attached hydrogen (secondary N) is 1. The summed E-state index contributed by atoms with van der Waals surface area (Å²) in [5.41, 5.74) is 3.19. The molecule has 0 spiro atoms. The van der Waals surface area contributed by atoms with Crippen LogP contribution in [-0.4, -0.2) is 37.6 Å². The van der Waals surface area contributed by atoms with Crippen molar-refractivity contribution < 1.29 is 0 Å². The third-order valence-corrected chi connectivity index (χ3v) is 4.90. The van der Waals surface area contributed by atoms with Crippen LogP contribution >= 0.6 is 0 Å². The van der Waals surface area contributed by atoms with Crippen LogP contribution < -0.4 is 5.32 Å². The Hall–Kier alpha value is -0.860. The number of rotatable bonds is 6. The van der Waals surface area contributed by atoms with Crippen LogP contribution in [0.5, 0.6) is 0 Å². The van der Waals surface area contributed by atoms with Crippen LogP contribution in [0.2, 0.25) is 0 Å². The summed E-state index contributed by atoms with van der Waals surface area (Å²) >= 11 is 0. The molecule has 0 radical (unpaired) electrons. The summed E-state index contributed by atoms with van der Waals surface area (Å²) < 4.78 is 0. The molecule has 1 fully saturated rings. The molecule has 2 atom stereocenters. The minimum atomic E-state index is 0.800. The molecule has 1 N–H and O–H groups in total. The average molecular weight is 272 g/mol. The maximum absolute atomic E-state index is 3.60. The molecule has 1 saturated heterocycles. The fraction of sp³-hybridized carbons (Fsp3) is 0.667. The second-order valence-electron chi connectivity index (χ2n) is 6.57. The maximum atomic E-state index is 3.60. The lowest BCUT2D eigenvalue weighted by Crippen LogP contribution is -2.42. The molecule has 2 heteroatoms. The van der Waals surface area contributed by atoms with Gasteiger partial charge in [-0.3, -0.25) is 0 Å². The Morgan fingerprint density at radius 2 is 2.20 bits per heavy atom. The Balaban J connectivity index is 1.47. The second-order valence-corrected chi connectivity index (χ2v) is 6.57. The van der Waals surface area contributed by atoms with Crippen molar-refractivity contribution in [2.45, 2.75) is 38.5 Å². The molecule has 0 amide bonds. The lowest BCUT2D eigenvalue weighted by Gasteiger charge is -2.39. The Morgan fingerprint density at radius 1 is 1.30 bits per heavy atom. The molecule has 2 aliphatic rings. The molecule has 1 aromatic rings. The number of piperidine rings is 1. The molecule has 110 valence electrons. The SMILES string of the molecule is CCCNCC1CCCN(CC2Cc3ccccc32)C1. The highest BCUT2D eigenvalue weighted by Crippen LogP contribution is 2.35. The van der Waals surface area contributed by atoms with Gasteiger partial charge in [-0.05, 0) is 62.4 Å². The Labute approximate surface area is 123 Å². The first-order valence-corrected chi connectivity index (χ1v) is 8.37. The van der Waals surface area contributed by atoms with E-state index in [2.05, 4.69) is 41.4 Å². The van der Waals surface area contributed by atoms with Gasteiger partial charge in [0.1, 0.15) is 0 Å². The van der Waals surface area contributed by atoms with Crippen molar-refractivity contribution in [1.29, 1.82) is 0 Å². The predicted octanol–water partition coefficient (Wildman–Crippen LogP) is 3.04.